The maximum atomic E-state index is 12.0. The molecule has 0 saturated heterocycles. The summed E-state index contributed by atoms with van der Waals surface area (Å²) in [6.07, 6.45) is 5.37. The third-order valence-corrected chi connectivity index (χ3v) is 2.88. The monoisotopic (exact) mass is 244 g/mol. The third kappa shape index (κ3) is 1.52. The highest BCUT2D eigenvalue weighted by Crippen LogP contribution is 2.20. The number of anilines is 1. The number of carbonyl (C=O) groups excluding carboxylic acids is 1. The molecule has 0 unspecified atom stereocenters. The predicted octanol–water partition coefficient (Wildman–Crippen LogP) is 0.295. The first kappa shape index (κ1) is 10.7. The molecule has 0 aliphatic carbocycles. The van der Waals surface area contributed by atoms with Crippen LogP contribution in [-0.2, 0) is 18.9 Å². The Morgan fingerprint density at radius 3 is 2.72 bits per heavy atom. The number of aromatic nitrogens is 4. The smallest absolute Gasteiger partial charge is 0.256 e. The molecule has 1 aliphatic rings. The Morgan fingerprint density at radius 1 is 1.28 bits per heavy atom. The molecule has 0 bridgehead atoms. The zero-order chi connectivity index (χ0) is 12.7. The molecule has 7 nitrogen and oxygen atoms in total. The van der Waals surface area contributed by atoms with Gasteiger partial charge in [-0.2, -0.15) is 15.2 Å². The third-order valence-electron chi connectivity index (χ3n) is 2.88. The largest absolute Gasteiger partial charge is 0.319 e. The Morgan fingerprint density at radius 2 is 2.11 bits per heavy atom. The van der Waals surface area contributed by atoms with Gasteiger partial charge < -0.3 is 4.57 Å². The summed E-state index contributed by atoms with van der Waals surface area (Å²) in [5.74, 6) is 0.442. The van der Waals surface area contributed by atoms with Crippen molar-refractivity contribution in [3.8, 4) is 0 Å². The standard InChI is InChI=1S/C11H12N6O/c1-15-6-5-12-11(15)17-10(18)7-8(14-17)9-3-4-13-16(9)2/h3-6H,7H2,1-2H3. The maximum absolute atomic E-state index is 12.0. The summed E-state index contributed by atoms with van der Waals surface area (Å²) in [6.45, 7) is 0. The average molecular weight is 244 g/mol. The fourth-order valence-corrected chi connectivity index (χ4v) is 1.95. The van der Waals surface area contributed by atoms with Crippen LogP contribution >= 0.6 is 0 Å². The van der Waals surface area contributed by atoms with Crippen LogP contribution in [0.5, 0.6) is 0 Å². The molecule has 3 rings (SSSR count). The van der Waals surface area contributed by atoms with E-state index < -0.39 is 0 Å². The quantitative estimate of drug-likeness (QED) is 0.762. The van der Waals surface area contributed by atoms with E-state index in [0.29, 0.717) is 11.7 Å². The Labute approximate surface area is 103 Å². The van der Waals surface area contributed by atoms with Crippen LogP contribution in [-0.4, -0.2) is 31.0 Å². The van der Waals surface area contributed by atoms with Gasteiger partial charge in [-0.3, -0.25) is 9.48 Å². The number of nitrogens with zero attached hydrogens (tertiary/aromatic N) is 6. The number of rotatable bonds is 2. The number of carbonyl (C=O) groups is 1. The van der Waals surface area contributed by atoms with Gasteiger partial charge in [0.1, 0.15) is 0 Å². The summed E-state index contributed by atoms with van der Waals surface area (Å²) < 4.78 is 3.46. The van der Waals surface area contributed by atoms with Gasteiger partial charge in [0.25, 0.3) is 5.91 Å². The molecule has 7 heteroatoms. The van der Waals surface area contributed by atoms with E-state index in [2.05, 4.69) is 15.2 Å². The van der Waals surface area contributed by atoms with E-state index in [9.17, 15) is 4.79 Å². The van der Waals surface area contributed by atoms with E-state index in [-0.39, 0.29) is 12.3 Å². The fraction of sp³-hybridized carbons (Fsp3) is 0.273. The highest BCUT2D eigenvalue weighted by Gasteiger charge is 2.29. The minimum Gasteiger partial charge on any atom is -0.319 e. The molecule has 0 radical (unpaired) electrons. The molecule has 18 heavy (non-hydrogen) atoms. The second-order valence-corrected chi connectivity index (χ2v) is 4.11. The fourth-order valence-electron chi connectivity index (χ4n) is 1.95. The highest BCUT2D eigenvalue weighted by molar-refractivity contribution is 6.18. The van der Waals surface area contributed by atoms with Crippen LogP contribution in [0.1, 0.15) is 12.1 Å². The Bertz CT molecular complexity index is 638. The number of hydrogen-bond donors (Lipinski definition) is 0. The summed E-state index contributed by atoms with van der Waals surface area (Å²) in [5.41, 5.74) is 1.56. The van der Waals surface area contributed by atoms with Gasteiger partial charge in [0.2, 0.25) is 5.95 Å². The topological polar surface area (TPSA) is 68.3 Å². The van der Waals surface area contributed by atoms with E-state index in [1.54, 1.807) is 27.8 Å². The van der Waals surface area contributed by atoms with E-state index in [1.165, 1.54) is 5.01 Å². The Kier molecular flexibility index (Phi) is 2.26. The van der Waals surface area contributed by atoms with Gasteiger partial charge in [-0.05, 0) is 6.07 Å². The minimum absolute atomic E-state index is 0.0829. The van der Waals surface area contributed by atoms with E-state index >= 15 is 0 Å². The van der Waals surface area contributed by atoms with Gasteiger partial charge in [-0.15, -0.1) is 0 Å². The molecule has 2 aromatic rings. The van der Waals surface area contributed by atoms with Crippen molar-refractivity contribution in [1.29, 1.82) is 0 Å². The molecule has 0 spiro atoms. The SMILES string of the molecule is Cn1ccnc1N1N=C(c2ccnn2C)CC1=O. The lowest BCUT2D eigenvalue weighted by atomic mass is 10.2. The van der Waals surface area contributed by atoms with E-state index in [4.69, 9.17) is 0 Å². The van der Waals surface area contributed by atoms with Crippen LogP contribution < -0.4 is 5.01 Å². The second kappa shape index (κ2) is 3.80. The van der Waals surface area contributed by atoms with Gasteiger partial charge in [-0.1, -0.05) is 0 Å². The Hall–Kier alpha value is -2.44. The Balaban J connectivity index is 2.00. The molecule has 0 saturated carbocycles. The lowest BCUT2D eigenvalue weighted by Gasteiger charge is -2.09. The number of hydrazone groups is 1. The van der Waals surface area contributed by atoms with Crippen LogP contribution in [0, 0.1) is 0 Å². The van der Waals surface area contributed by atoms with Gasteiger partial charge in [0, 0.05) is 32.7 Å². The van der Waals surface area contributed by atoms with Crippen LogP contribution in [0.4, 0.5) is 5.95 Å². The number of imidazole rings is 1. The predicted molar refractivity (Wildman–Crippen MR) is 65.1 cm³/mol. The number of hydrogen-bond acceptors (Lipinski definition) is 4. The van der Waals surface area contributed by atoms with Crippen LogP contribution in [0.2, 0.25) is 0 Å². The first-order valence-electron chi connectivity index (χ1n) is 5.53. The molecule has 1 aliphatic heterocycles. The van der Waals surface area contributed by atoms with Crippen molar-refractivity contribution in [2.45, 2.75) is 6.42 Å². The summed E-state index contributed by atoms with van der Waals surface area (Å²) in [6, 6.07) is 1.84. The van der Waals surface area contributed by atoms with E-state index in [0.717, 1.165) is 5.69 Å². The molecule has 0 aromatic carbocycles. The molecule has 2 aromatic heterocycles. The van der Waals surface area contributed by atoms with Gasteiger partial charge in [0.05, 0.1) is 17.8 Å². The molecule has 3 heterocycles. The summed E-state index contributed by atoms with van der Waals surface area (Å²) in [4.78, 5) is 16.1. The maximum Gasteiger partial charge on any atom is 0.256 e. The molecular weight excluding hydrogens is 232 g/mol. The van der Waals surface area contributed by atoms with Crippen molar-refractivity contribution in [2.24, 2.45) is 19.2 Å². The highest BCUT2D eigenvalue weighted by atomic mass is 16.2. The lowest BCUT2D eigenvalue weighted by molar-refractivity contribution is -0.117. The summed E-state index contributed by atoms with van der Waals surface area (Å²) in [7, 11) is 3.65. The van der Waals surface area contributed by atoms with Crippen molar-refractivity contribution in [3.63, 3.8) is 0 Å². The van der Waals surface area contributed by atoms with Gasteiger partial charge in [0.15, 0.2) is 0 Å². The van der Waals surface area contributed by atoms with Crippen LogP contribution in [0.15, 0.2) is 29.8 Å². The van der Waals surface area contributed by atoms with Crippen molar-refractivity contribution in [3.05, 3.63) is 30.4 Å². The zero-order valence-corrected chi connectivity index (χ0v) is 10.1. The average Bonchev–Trinajstić information content (AvgIpc) is 3.00. The minimum atomic E-state index is -0.0829. The van der Waals surface area contributed by atoms with Crippen molar-refractivity contribution in [1.82, 2.24) is 19.3 Å². The van der Waals surface area contributed by atoms with Crippen molar-refractivity contribution >= 4 is 17.6 Å². The number of amides is 1. The van der Waals surface area contributed by atoms with Crippen molar-refractivity contribution in [2.75, 3.05) is 5.01 Å². The lowest BCUT2D eigenvalue weighted by Crippen LogP contribution is -2.22. The first-order valence-corrected chi connectivity index (χ1v) is 5.53. The summed E-state index contributed by atoms with van der Waals surface area (Å²) in [5, 5.41) is 9.74. The second-order valence-electron chi connectivity index (χ2n) is 4.11. The summed E-state index contributed by atoms with van der Waals surface area (Å²) >= 11 is 0. The normalized spacial score (nSPS) is 15.3. The number of aryl methyl sites for hydroxylation is 2. The molecule has 1 amide bonds. The van der Waals surface area contributed by atoms with Crippen LogP contribution in [0.3, 0.4) is 0 Å². The molecule has 0 N–H and O–H groups in total. The molecular formula is C11H12N6O. The first-order chi connectivity index (χ1) is 8.66. The van der Waals surface area contributed by atoms with E-state index in [1.807, 2.05) is 20.2 Å². The van der Waals surface area contributed by atoms with Gasteiger partial charge >= 0.3 is 0 Å². The van der Waals surface area contributed by atoms with Crippen molar-refractivity contribution < 1.29 is 4.79 Å². The molecule has 0 atom stereocenters. The molecule has 92 valence electrons. The van der Waals surface area contributed by atoms with Crippen LogP contribution in [0.25, 0.3) is 0 Å². The zero-order valence-electron chi connectivity index (χ0n) is 10.1. The molecule has 0 fully saturated rings. The van der Waals surface area contributed by atoms with Gasteiger partial charge in [-0.25, -0.2) is 4.98 Å².